The Kier molecular flexibility index (Phi) is 9.37. The first kappa shape index (κ1) is 30.5. The molecule has 0 aliphatic heterocycles. The standard InChI is InChI=1S/C16H10O10S3.3Na.3H/c17-10-6-8-3-1-2-7-4-5-9-12(11(7)8)13(10)15(28(21,22)23)16(29(24,25)26)14(9)27(18,19)20;;;;;;/h1-6,17H,(H,18,19,20)(H,21,22,23)(H,24,25,26);;;;;;/q;3*+1;3*-1. The molecule has 4 aromatic rings. The Balaban J connectivity index is -0.00000171. The summed E-state index contributed by atoms with van der Waals surface area (Å²) in [5.41, 5.74) is 0. The van der Waals surface area contributed by atoms with Crippen LogP contribution in [-0.4, -0.2) is 44.0 Å². The summed E-state index contributed by atoms with van der Waals surface area (Å²) in [5.74, 6) is -0.791. The maximum atomic E-state index is 12.1. The Bertz CT molecular complexity index is 1700. The number of hydrogen-bond acceptors (Lipinski definition) is 7. The van der Waals surface area contributed by atoms with E-state index >= 15 is 0 Å². The third-order valence-electron chi connectivity index (χ3n) is 4.53. The molecule has 16 heteroatoms. The van der Waals surface area contributed by atoms with Gasteiger partial charge in [0.25, 0.3) is 30.4 Å². The number of aromatic hydroxyl groups is 1. The molecule has 0 saturated heterocycles. The molecule has 0 bridgehead atoms. The van der Waals surface area contributed by atoms with Crippen molar-refractivity contribution in [3.05, 3.63) is 36.4 Å². The Morgan fingerprint density at radius 3 is 1.59 bits per heavy atom. The number of rotatable bonds is 3. The summed E-state index contributed by atoms with van der Waals surface area (Å²) in [4.78, 5) is -4.75. The van der Waals surface area contributed by atoms with Gasteiger partial charge in [-0.2, -0.15) is 25.3 Å². The molecule has 0 fully saturated rings. The smallest absolute Gasteiger partial charge is 1.00 e. The van der Waals surface area contributed by atoms with Crippen LogP contribution in [0.3, 0.4) is 0 Å². The minimum absolute atomic E-state index is 0. The topological polar surface area (TPSA) is 183 Å². The van der Waals surface area contributed by atoms with Crippen molar-refractivity contribution < 1.29 is 137 Å². The first-order valence-electron chi connectivity index (χ1n) is 7.62. The molecular weight excluding hydrogens is 517 g/mol. The van der Waals surface area contributed by atoms with E-state index < -0.39 is 61.6 Å². The normalized spacial score (nSPS) is 12.3. The van der Waals surface area contributed by atoms with Gasteiger partial charge in [-0.1, -0.05) is 30.3 Å². The molecular formula is C16H13Na3O10S3. The van der Waals surface area contributed by atoms with Crippen LogP contribution in [0.2, 0.25) is 0 Å². The average Bonchev–Trinajstić information content (AvgIpc) is 2.56. The summed E-state index contributed by atoms with van der Waals surface area (Å²) in [7, 11) is -16.6. The SMILES string of the molecule is O=S(=O)(O)c1c(S(=O)(=O)O)c2ccc3cccc4cc(O)c(c1S(=O)(=O)O)c2c34.[H-].[H-].[H-].[Na+].[Na+].[Na+]. The molecule has 4 N–H and O–H groups in total. The van der Waals surface area contributed by atoms with Crippen molar-refractivity contribution in [3.8, 4) is 5.75 Å². The van der Waals surface area contributed by atoms with Crippen molar-refractivity contribution >= 4 is 62.7 Å². The predicted molar refractivity (Wildman–Crippen MR) is 105 cm³/mol. The van der Waals surface area contributed by atoms with E-state index in [1.807, 2.05) is 0 Å². The molecule has 0 spiro atoms. The van der Waals surface area contributed by atoms with Gasteiger partial charge in [-0.15, -0.1) is 0 Å². The van der Waals surface area contributed by atoms with E-state index in [2.05, 4.69) is 0 Å². The molecule has 0 unspecified atom stereocenters. The Hall–Kier alpha value is 0.450. The second-order valence-electron chi connectivity index (χ2n) is 6.25. The number of phenolic OH excluding ortho intramolecular Hbond substituents is 1. The summed E-state index contributed by atoms with van der Waals surface area (Å²) < 4.78 is 101. The van der Waals surface area contributed by atoms with Crippen molar-refractivity contribution in [2.45, 2.75) is 14.7 Å². The molecule has 32 heavy (non-hydrogen) atoms. The van der Waals surface area contributed by atoms with Crippen LogP contribution in [0.25, 0.3) is 32.3 Å². The number of benzene rings is 4. The molecule has 0 radical (unpaired) electrons. The summed E-state index contributed by atoms with van der Waals surface area (Å²) in [6, 6.07) is 8.30. The molecule has 158 valence electrons. The monoisotopic (exact) mass is 530 g/mol. The Labute approximate surface area is 253 Å². The van der Waals surface area contributed by atoms with Crippen LogP contribution in [0, 0.1) is 0 Å². The molecule has 10 nitrogen and oxygen atoms in total. The van der Waals surface area contributed by atoms with Gasteiger partial charge in [0, 0.05) is 16.2 Å². The first-order valence-corrected chi connectivity index (χ1v) is 11.9. The van der Waals surface area contributed by atoms with E-state index in [4.69, 9.17) is 0 Å². The van der Waals surface area contributed by atoms with Gasteiger partial charge in [0.15, 0.2) is 0 Å². The van der Waals surface area contributed by atoms with Crippen LogP contribution in [0.5, 0.6) is 5.75 Å². The Morgan fingerprint density at radius 2 is 1.09 bits per heavy atom. The zero-order chi connectivity index (χ0) is 21.5. The molecule has 0 heterocycles. The first-order chi connectivity index (χ1) is 13.2. The molecule has 0 amide bonds. The zero-order valence-electron chi connectivity index (χ0n) is 19.9. The molecule has 0 atom stereocenters. The minimum Gasteiger partial charge on any atom is -1.00 e. The third kappa shape index (κ3) is 4.90. The van der Waals surface area contributed by atoms with Gasteiger partial charge >= 0.3 is 88.7 Å². The fourth-order valence-electron chi connectivity index (χ4n) is 3.63. The van der Waals surface area contributed by atoms with Gasteiger partial charge in [-0.25, -0.2) is 0 Å². The molecule has 4 rings (SSSR count). The van der Waals surface area contributed by atoms with Crippen molar-refractivity contribution in [3.63, 3.8) is 0 Å². The average molecular weight is 530 g/mol. The fraction of sp³-hybridized carbons (Fsp3) is 0. The summed E-state index contributed by atoms with van der Waals surface area (Å²) in [6.07, 6.45) is 0. The largest absolute Gasteiger partial charge is 1.00 e. The van der Waals surface area contributed by atoms with E-state index in [1.165, 1.54) is 12.1 Å². The van der Waals surface area contributed by atoms with Crippen molar-refractivity contribution in [2.24, 2.45) is 0 Å². The zero-order valence-corrected chi connectivity index (χ0v) is 25.4. The maximum Gasteiger partial charge on any atom is 1.00 e. The van der Waals surface area contributed by atoms with E-state index in [1.54, 1.807) is 12.1 Å². The molecule has 0 saturated carbocycles. The fourth-order valence-corrected chi connectivity index (χ4v) is 7.22. The van der Waals surface area contributed by atoms with E-state index in [0.717, 1.165) is 12.1 Å². The summed E-state index contributed by atoms with van der Waals surface area (Å²) in [5, 5.41) is 10.1. The number of hydrogen-bond donors (Lipinski definition) is 4. The van der Waals surface area contributed by atoms with Crippen molar-refractivity contribution in [1.82, 2.24) is 0 Å². The van der Waals surface area contributed by atoms with Gasteiger partial charge in [0.05, 0.1) is 0 Å². The maximum absolute atomic E-state index is 12.1. The van der Waals surface area contributed by atoms with Gasteiger partial charge in [0.1, 0.15) is 20.4 Å². The van der Waals surface area contributed by atoms with Crippen LogP contribution in [0.1, 0.15) is 4.28 Å². The van der Waals surface area contributed by atoms with Gasteiger partial charge in [-0.05, 0) is 22.2 Å². The number of phenols is 1. The molecule has 0 aliphatic carbocycles. The molecule has 0 aromatic heterocycles. The van der Waals surface area contributed by atoms with E-state index in [-0.39, 0.29) is 104 Å². The van der Waals surface area contributed by atoms with Crippen LogP contribution < -0.4 is 88.7 Å². The predicted octanol–water partition coefficient (Wildman–Crippen LogP) is -6.62. The quantitative estimate of drug-likeness (QED) is 0.113. The van der Waals surface area contributed by atoms with Crippen LogP contribution in [-0.2, 0) is 30.4 Å². The van der Waals surface area contributed by atoms with Crippen LogP contribution >= 0.6 is 0 Å². The second kappa shape index (κ2) is 9.84. The molecule has 0 aliphatic rings. The second-order valence-corrected chi connectivity index (χ2v) is 10.3. The van der Waals surface area contributed by atoms with E-state index in [0.29, 0.717) is 10.8 Å². The molecule has 4 aromatic carbocycles. The van der Waals surface area contributed by atoms with Crippen molar-refractivity contribution in [2.75, 3.05) is 0 Å². The van der Waals surface area contributed by atoms with Gasteiger partial charge in [0.2, 0.25) is 0 Å². The minimum atomic E-state index is -5.63. The third-order valence-corrected chi connectivity index (χ3v) is 7.58. The summed E-state index contributed by atoms with van der Waals surface area (Å²) >= 11 is 0. The van der Waals surface area contributed by atoms with Crippen LogP contribution in [0.15, 0.2) is 51.1 Å². The van der Waals surface area contributed by atoms with Crippen molar-refractivity contribution in [1.29, 1.82) is 0 Å². The summed E-state index contributed by atoms with van der Waals surface area (Å²) in [6.45, 7) is 0. The van der Waals surface area contributed by atoms with Gasteiger partial charge < -0.3 is 9.39 Å². The Morgan fingerprint density at radius 1 is 0.594 bits per heavy atom. The van der Waals surface area contributed by atoms with E-state index in [9.17, 15) is 44.0 Å². The van der Waals surface area contributed by atoms with Crippen LogP contribution in [0.4, 0.5) is 0 Å². The van der Waals surface area contributed by atoms with Gasteiger partial charge in [-0.3, -0.25) is 13.7 Å².